The molecule has 0 atom stereocenters. The SMILES string of the molecule is CCOC(=O)C1(F)CCC(Nc2nc(F)ccc2C(=O)O)CC1. The van der Waals surface area contributed by atoms with E-state index in [1.807, 2.05) is 0 Å². The number of aromatic nitrogens is 1. The number of alkyl halides is 1. The van der Waals surface area contributed by atoms with Gasteiger partial charge in [0.05, 0.1) is 6.61 Å². The lowest BCUT2D eigenvalue weighted by molar-refractivity contribution is -0.159. The number of esters is 1. The predicted molar refractivity (Wildman–Crippen MR) is 77.5 cm³/mol. The molecule has 8 heteroatoms. The van der Waals surface area contributed by atoms with Crippen molar-refractivity contribution in [2.45, 2.75) is 44.3 Å². The molecule has 23 heavy (non-hydrogen) atoms. The Labute approximate surface area is 131 Å². The maximum absolute atomic E-state index is 14.5. The Kier molecular flexibility index (Phi) is 5.12. The van der Waals surface area contributed by atoms with Crippen LogP contribution < -0.4 is 5.32 Å². The molecule has 2 N–H and O–H groups in total. The molecule has 0 amide bonds. The molecule has 1 heterocycles. The Balaban J connectivity index is 2.03. The van der Waals surface area contributed by atoms with Crippen molar-refractivity contribution in [2.75, 3.05) is 11.9 Å². The Bertz CT molecular complexity index is 601. The summed E-state index contributed by atoms with van der Waals surface area (Å²) in [7, 11) is 0. The van der Waals surface area contributed by atoms with Crippen molar-refractivity contribution in [3.05, 3.63) is 23.6 Å². The van der Waals surface area contributed by atoms with Gasteiger partial charge in [-0.25, -0.2) is 19.0 Å². The fourth-order valence-corrected chi connectivity index (χ4v) is 2.60. The monoisotopic (exact) mass is 328 g/mol. The average Bonchev–Trinajstić information content (AvgIpc) is 2.50. The van der Waals surface area contributed by atoms with E-state index in [9.17, 15) is 18.4 Å². The van der Waals surface area contributed by atoms with Crippen LogP contribution in [0.25, 0.3) is 0 Å². The van der Waals surface area contributed by atoms with Crippen LogP contribution in [0.5, 0.6) is 0 Å². The number of hydrogen-bond donors (Lipinski definition) is 2. The van der Waals surface area contributed by atoms with Gasteiger partial charge in [0.15, 0.2) is 0 Å². The average molecular weight is 328 g/mol. The van der Waals surface area contributed by atoms with Gasteiger partial charge >= 0.3 is 11.9 Å². The van der Waals surface area contributed by atoms with Crippen LogP contribution in [-0.2, 0) is 9.53 Å². The van der Waals surface area contributed by atoms with Gasteiger partial charge in [0, 0.05) is 6.04 Å². The fourth-order valence-electron chi connectivity index (χ4n) is 2.60. The van der Waals surface area contributed by atoms with Gasteiger partial charge in [0.25, 0.3) is 0 Å². The molecule has 1 aromatic rings. The third-order valence-electron chi connectivity index (χ3n) is 3.85. The summed E-state index contributed by atoms with van der Waals surface area (Å²) in [4.78, 5) is 26.3. The van der Waals surface area contributed by atoms with Gasteiger partial charge in [-0.05, 0) is 44.7 Å². The summed E-state index contributed by atoms with van der Waals surface area (Å²) in [5.74, 6) is -3.00. The summed E-state index contributed by atoms with van der Waals surface area (Å²) in [5.41, 5.74) is -2.17. The lowest BCUT2D eigenvalue weighted by atomic mass is 9.83. The third-order valence-corrected chi connectivity index (χ3v) is 3.85. The van der Waals surface area contributed by atoms with E-state index in [1.54, 1.807) is 6.92 Å². The van der Waals surface area contributed by atoms with Gasteiger partial charge < -0.3 is 15.2 Å². The van der Waals surface area contributed by atoms with E-state index in [-0.39, 0.29) is 49.7 Å². The molecule has 1 aromatic heterocycles. The third kappa shape index (κ3) is 3.94. The van der Waals surface area contributed by atoms with Gasteiger partial charge in [-0.2, -0.15) is 4.39 Å². The first-order valence-corrected chi connectivity index (χ1v) is 7.38. The van der Waals surface area contributed by atoms with Crippen LogP contribution in [0, 0.1) is 5.95 Å². The van der Waals surface area contributed by atoms with Gasteiger partial charge in [-0.15, -0.1) is 0 Å². The maximum Gasteiger partial charge on any atom is 0.343 e. The standard InChI is InChI=1S/C15H18F2N2O4/c1-2-23-14(22)15(17)7-5-9(6-8-15)18-12-10(13(20)21)3-4-11(16)19-12/h3-4,9H,2,5-8H2,1H3,(H,18,19)(H,20,21). The van der Waals surface area contributed by atoms with E-state index < -0.39 is 23.6 Å². The molecule has 0 aliphatic heterocycles. The molecule has 0 bridgehead atoms. The molecule has 0 unspecified atom stereocenters. The van der Waals surface area contributed by atoms with E-state index in [0.717, 1.165) is 12.1 Å². The number of ether oxygens (including phenoxy) is 1. The second-order valence-corrected chi connectivity index (χ2v) is 5.44. The van der Waals surface area contributed by atoms with Crippen LogP contribution in [0.2, 0.25) is 0 Å². The largest absolute Gasteiger partial charge is 0.478 e. The van der Waals surface area contributed by atoms with Crippen LogP contribution in [0.15, 0.2) is 12.1 Å². The lowest BCUT2D eigenvalue weighted by Gasteiger charge is -2.32. The maximum atomic E-state index is 14.5. The molecular weight excluding hydrogens is 310 g/mol. The van der Waals surface area contributed by atoms with Crippen LogP contribution in [0.1, 0.15) is 43.0 Å². The van der Waals surface area contributed by atoms with Crippen LogP contribution in [0.4, 0.5) is 14.6 Å². The van der Waals surface area contributed by atoms with Crippen molar-refractivity contribution in [3.8, 4) is 0 Å². The molecule has 0 spiro atoms. The fraction of sp³-hybridized carbons (Fsp3) is 0.533. The minimum absolute atomic E-state index is 0.0405. The number of anilines is 1. The van der Waals surface area contributed by atoms with E-state index in [1.165, 1.54) is 0 Å². The van der Waals surface area contributed by atoms with Gasteiger partial charge in [-0.1, -0.05) is 0 Å². The number of carboxylic acid groups (broad SMARTS) is 1. The van der Waals surface area contributed by atoms with Crippen LogP contribution >= 0.6 is 0 Å². The first kappa shape index (κ1) is 17.1. The lowest BCUT2D eigenvalue weighted by Crippen LogP contribution is -2.42. The highest BCUT2D eigenvalue weighted by Gasteiger charge is 2.43. The van der Waals surface area contributed by atoms with E-state index in [2.05, 4.69) is 10.3 Å². The summed E-state index contributed by atoms with van der Waals surface area (Å²) >= 11 is 0. The summed E-state index contributed by atoms with van der Waals surface area (Å²) in [6.45, 7) is 1.72. The van der Waals surface area contributed by atoms with E-state index >= 15 is 0 Å². The Morgan fingerprint density at radius 3 is 2.65 bits per heavy atom. The number of carboxylic acids is 1. The molecule has 0 aromatic carbocycles. The topological polar surface area (TPSA) is 88.5 Å². The van der Waals surface area contributed by atoms with Crippen molar-refractivity contribution in [1.82, 2.24) is 4.98 Å². The van der Waals surface area contributed by atoms with Crippen molar-refractivity contribution >= 4 is 17.8 Å². The zero-order valence-corrected chi connectivity index (χ0v) is 12.6. The molecule has 1 fully saturated rings. The zero-order valence-electron chi connectivity index (χ0n) is 12.6. The number of nitrogens with one attached hydrogen (secondary N) is 1. The van der Waals surface area contributed by atoms with Crippen molar-refractivity contribution in [2.24, 2.45) is 0 Å². The Hall–Kier alpha value is -2.25. The van der Waals surface area contributed by atoms with Crippen molar-refractivity contribution < 1.29 is 28.2 Å². The predicted octanol–water partition coefficient (Wildman–Crippen LogP) is 2.54. The smallest absolute Gasteiger partial charge is 0.343 e. The summed E-state index contributed by atoms with van der Waals surface area (Å²) in [6, 6.07) is 1.79. The Morgan fingerprint density at radius 2 is 2.09 bits per heavy atom. The minimum Gasteiger partial charge on any atom is -0.478 e. The van der Waals surface area contributed by atoms with Gasteiger partial charge in [0.1, 0.15) is 11.4 Å². The molecule has 0 saturated heterocycles. The molecule has 1 saturated carbocycles. The highest BCUT2D eigenvalue weighted by atomic mass is 19.1. The number of halogens is 2. The number of carbonyl (C=O) groups is 2. The minimum atomic E-state index is -2.01. The summed E-state index contributed by atoms with van der Waals surface area (Å²) < 4.78 is 32.4. The molecule has 6 nitrogen and oxygen atoms in total. The normalized spacial score (nSPS) is 24.0. The molecular formula is C15H18F2N2O4. The molecule has 1 aliphatic rings. The highest BCUT2D eigenvalue weighted by molar-refractivity contribution is 5.93. The molecule has 126 valence electrons. The zero-order chi connectivity index (χ0) is 17.0. The van der Waals surface area contributed by atoms with Crippen molar-refractivity contribution in [3.63, 3.8) is 0 Å². The van der Waals surface area contributed by atoms with Crippen molar-refractivity contribution in [1.29, 1.82) is 0 Å². The Morgan fingerprint density at radius 1 is 1.43 bits per heavy atom. The first-order chi connectivity index (χ1) is 10.9. The second kappa shape index (κ2) is 6.89. The number of hydrogen-bond acceptors (Lipinski definition) is 5. The number of nitrogens with zero attached hydrogens (tertiary/aromatic N) is 1. The quantitative estimate of drug-likeness (QED) is 0.638. The van der Waals surface area contributed by atoms with E-state index in [4.69, 9.17) is 9.84 Å². The summed E-state index contributed by atoms with van der Waals surface area (Å²) in [6.07, 6.45) is 0.488. The first-order valence-electron chi connectivity index (χ1n) is 7.38. The molecule has 1 aliphatic carbocycles. The second-order valence-electron chi connectivity index (χ2n) is 5.44. The number of pyridine rings is 1. The molecule has 2 rings (SSSR count). The highest BCUT2D eigenvalue weighted by Crippen LogP contribution is 2.34. The number of rotatable bonds is 5. The number of aromatic carboxylic acids is 1. The number of carbonyl (C=O) groups excluding carboxylic acids is 1. The molecule has 0 radical (unpaired) electrons. The van der Waals surface area contributed by atoms with Crippen LogP contribution in [-0.4, -0.2) is 40.3 Å². The van der Waals surface area contributed by atoms with E-state index in [0.29, 0.717) is 0 Å². The summed E-state index contributed by atoms with van der Waals surface area (Å²) in [5, 5.41) is 11.9. The van der Waals surface area contributed by atoms with Crippen LogP contribution in [0.3, 0.4) is 0 Å². The van der Waals surface area contributed by atoms with Gasteiger partial charge in [0.2, 0.25) is 11.6 Å². The van der Waals surface area contributed by atoms with Gasteiger partial charge in [-0.3, -0.25) is 0 Å².